The van der Waals surface area contributed by atoms with Gasteiger partial charge < -0.3 is 14.8 Å². The van der Waals surface area contributed by atoms with Gasteiger partial charge in [-0.15, -0.1) is 0 Å². The van der Waals surface area contributed by atoms with E-state index in [0.29, 0.717) is 19.1 Å². The average molecular weight is 255 g/mol. The van der Waals surface area contributed by atoms with Crippen molar-refractivity contribution in [3.8, 4) is 0 Å². The van der Waals surface area contributed by atoms with Crippen molar-refractivity contribution in [2.45, 2.75) is 13.3 Å². The first-order valence-corrected chi connectivity index (χ1v) is 5.68. The van der Waals surface area contributed by atoms with Crippen molar-refractivity contribution in [3.05, 3.63) is 22.1 Å². The van der Waals surface area contributed by atoms with Crippen molar-refractivity contribution in [2.24, 2.45) is 0 Å². The number of aromatic nitrogens is 2. The quantitative estimate of drug-likeness (QED) is 0.541. The van der Waals surface area contributed by atoms with E-state index < -0.39 is 11.5 Å². The van der Waals surface area contributed by atoms with Crippen LogP contribution in [0.25, 0.3) is 0 Å². The van der Waals surface area contributed by atoms with Crippen LogP contribution in [0.3, 0.4) is 0 Å². The molecule has 0 fully saturated rings. The normalized spacial score (nSPS) is 10.1. The maximum atomic E-state index is 11.6. The van der Waals surface area contributed by atoms with E-state index in [1.54, 1.807) is 14.0 Å². The highest BCUT2D eigenvalue weighted by Crippen LogP contribution is 1.97. The second-order valence-electron chi connectivity index (χ2n) is 3.47. The first-order valence-electron chi connectivity index (χ1n) is 5.68. The Morgan fingerprint density at radius 1 is 1.56 bits per heavy atom. The van der Waals surface area contributed by atoms with Crippen LogP contribution >= 0.6 is 0 Å². The van der Waals surface area contributed by atoms with Crippen LogP contribution in [-0.4, -0.2) is 42.8 Å². The van der Waals surface area contributed by atoms with Gasteiger partial charge in [-0.25, -0.2) is 9.78 Å². The fourth-order valence-corrected chi connectivity index (χ4v) is 1.26. The lowest BCUT2D eigenvalue weighted by atomic mass is 10.3. The number of nitrogens with one attached hydrogen (secondary N) is 2. The summed E-state index contributed by atoms with van der Waals surface area (Å²) in [7, 11) is 1.62. The van der Waals surface area contributed by atoms with E-state index in [0.717, 1.165) is 6.42 Å². The maximum Gasteiger partial charge on any atom is 0.345 e. The van der Waals surface area contributed by atoms with E-state index in [9.17, 15) is 9.59 Å². The van der Waals surface area contributed by atoms with E-state index >= 15 is 0 Å². The van der Waals surface area contributed by atoms with E-state index in [1.165, 1.54) is 6.20 Å². The number of carbonyl (C=O) groups is 1. The molecule has 1 aromatic rings. The summed E-state index contributed by atoms with van der Waals surface area (Å²) in [4.78, 5) is 29.3. The summed E-state index contributed by atoms with van der Waals surface area (Å²) < 4.78 is 9.61. The molecule has 0 amide bonds. The van der Waals surface area contributed by atoms with Crippen LogP contribution in [0.2, 0.25) is 0 Å². The molecule has 1 rings (SSSR count). The van der Waals surface area contributed by atoms with Crippen LogP contribution in [0.5, 0.6) is 0 Å². The molecule has 0 saturated carbocycles. The van der Waals surface area contributed by atoms with Crippen LogP contribution in [0.15, 0.2) is 11.0 Å². The number of carbonyl (C=O) groups excluding carboxylic acids is 1. The fourth-order valence-electron chi connectivity index (χ4n) is 1.26. The van der Waals surface area contributed by atoms with E-state index in [4.69, 9.17) is 9.47 Å². The molecule has 0 bridgehead atoms. The minimum atomic E-state index is -0.669. The summed E-state index contributed by atoms with van der Waals surface area (Å²) in [5.74, 6) is -0.346. The number of H-pyrrole nitrogens is 1. The number of aromatic amines is 1. The van der Waals surface area contributed by atoms with Gasteiger partial charge in [-0.05, 0) is 13.3 Å². The lowest BCUT2D eigenvalue weighted by molar-refractivity contribution is 0.0524. The smallest absolute Gasteiger partial charge is 0.345 e. The number of hydrogen-bond acceptors (Lipinski definition) is 6. The molecular formula is C11H17N3O4. The van der Waals surface area contributed by atoms with Crippen LogP contribution in [-0.2, 0) is 9.47 Å². The van der Waals surface area contributed by atoms with Gasteiger partial charge in [0.05, 0.1) is 12.8 Å². The van der Waals surface area contributed by atoms with Gasteiger partial charge in [-0.3, -0.25) is 9.78 Å². The van der Waals surface area contributed by atoms with E-state index in [1.807, 2.05) is 0 Å². The van der Waals surface area contributed by atoms with Gasteiger partial charge in [-0.2, -0.15) is 0 Å². The van der Waals surface area contributed by atoms with Crippen molar-refractivity contribution in [1.82, 2.24) is 9.97 Å². The van der Waals surface area contributed by atoms with Crippen LogP contribution in [0.4, 0.5) is 5.95 Å². The molecule has 2 N–H and O–H groups in total. The number of hydrogen-bond donors (Lipinski definition) is 2. The molecule has 0 unspecified atom stereocenters. The average Bonchev–Trinajstić information content (AvgIpc) is 2.35. The fraction of sp³-hybridized carbons (Fsp3) is 0.545. The van der Waals surface area contributed by atoms with Crippen molar-refractivity contribution in [3.63, 3.8) is 0 Å². The molecule has 100 valence electrons. The molecule has 1 aromatic heterocycles. The molecule has 7 heteroatoms. The SMILES string of the molecule is CCOC(=O)c1cnc(NCCCOC)[nH]c1=O. The number of methoxy groups -OCH3 is 1. The number of nitrogens with zero attached hydrogens (tertiary/aromatic N) is 1. The minimum Gasteiger partial charge on any atom is -0.462 e. The Balaban J connectivity index is 2.62. The van der Waals surface area contributed by atoms with Gasteiger partial charge in [0.2, 0.25) is 5.95 Å². The number of rotatable bonds is 7. The maximum absolute atomic E-state index is 11.6. The molecule has 0 saturated heterocycles. The van der Waals surface area contributed by atoms with Crippen molar-refractivity contribution >= 4 is 11.9 Å². The summed E-state index contributed by atoms with van der Waals surface area (Å²) in [5, 5.41) is 2.92. The summed E-state index contributed by atoms with van der Waals surface area (Å²) in [6.45, 7) is 3.13. The highest BCUT2D eigenvalue weighted by atomic mass is 16.5. The summed E-state index contributed by atoms with van der Waals surface area (Å²) in [5.41, 5.74) is -0.614. The van der Waals surface area contributed by atoms with E-state index in [2.05, 4.69) is 15.3 Å². The van der Waals surface area contributed by atoms with Gasteiger partial charge in [-0.1, -0.05) is 0 Å². The third-order valence-electron chi connectivity index (χ3n) is 2.11. The number of anilines is 1. The van der Waals surface area contributed by atoms with Gasteiger partial charge in [0, 0.05) is 20.3 Å². The predicted molar refractivity (Wildman–Crippen MR) is 65.8 cm³/mol. The third-order valence-corrected chi connectivity index (χ3v) is 2.11. The monoisotopic (exact) mass is 255 g/mol. The molecule has 0 aliphatic rings. The van der Waals surface area contributed by atoms with E-state index in [-0.39, 0.29) is 12.2 Å². The Morgan fingerprint density at radius 3 is 2.94 bits per heavy atom. The van der Waals surface area contributed by atoms with Gasteiger partial charge in [0.25, 0.3) is 5.56 Å². The Hall–Kier alpha value is -1.89. The zero-order chi connectivity index (χ0) is 13.4. The molecule has 0 aliphatic carbocycles. The summed E-state index contributed by atoms with van der Waals surface area (Å²) >= 11 is 0. The van der Waals surface area contributed by atoms with Gasteiger partial charge in [0.1, 0.15) is 5.56 Å². The predicted octanol–water partition coefficient (Wildman–Crippen LogP) is 0.395. The molecule has 18 heavy (non-hydrogen) atoms. The van der Waals surface area contributed by atoms with Crippen LogP contribution in [0.1, 0.15) is 23.7 Å². The van der Waals surface area contributed by atoms with Crippen molar-refractivity contribution < 1.29 is 14.3 Å². The zero-order valence-corrected chi connectivity index (χ0v) is 10.5. The second-order valence-corrected chi connectivity index (χ2v) is 3.47. The van der Waals surface area contributed by atoms with Crippen LogP contribution in [0, 0.1) is 0 Å². The highest BCUT2D eigenvalue weighted by Gasteiger charge is 2.12. The molecule has 0 spiro atoms. The molecule has 0 aromatic carbocycles. The lowest BCUT2D eigenvalue weighted by Crippen LogP contribution is -2.22. The van der Waals surface area contributed by atoms with Crippen molar-refractivity contribution in [2.75, 3.05) is 32.2 Å². The topological polar surface area (TPSA) is 93.3 Å². The molecular weight excluding hydrogens is 238 g/mol. The standard InChI is InChI=1S/C11H17N3O4/c1-3-18-10(16)8-7-13-11(14-9(8)15)12-5-4-6-17-2/h7H,3-6H2,1-2H3,(H2,12,13,14,15). The minimum absolute atomic E-state index is 0.0979. The largest absolute Gasteiger partial charge is 0.462 e. The molecule has 1 heterocycles. The molecule has 0 atom stereocenters. The summed E-state index contributed by atoms with van der Waals surface area (Å²) in [6.07, 6.45) is 2.00. The second kappa shape index (κ2) is 7.44. The first kappa shape index (κ1) is 14.2. The number of esters is 1. The van der Waals surface area contributed by atoms with Crippen molar-refractivity contribution in [1.29, 1.82) is 0 Å². The van der Waals surface area contributed by atoms with Gasteiger partial charge >= 0.3 is 5.97 Å². The Kier molecular flexibility index (Phi) is 5.86. The lowest BCUT2D eigenvalue weighted by Gasteiger charge is -2.05. The van der Waals surface area contributed by atoms with Gasteiger partial charge in [0.15, 0.2) is 0 Å². The molecule has 7 nitrogen and oxygen atoms in total. The molecule has 0 radical (unpaired) electrons. The third kappa shape index (κ3) is 4.17. The Morgan fingerprint density at radius 2 is 2.33 bits per heavy atom. The van der Waals surface area contributed by atoms with Crippen LogP contribution < -0.4 is 10.9 Å². The zero-order valence-electron chi connectivity index (χ0n) is 10.5. The number of ether oxygens (including phenoxy) is 2. The first-order chi connectivity index (χ1) is 8.69. The highest BCUT2D eigenvalue weighted by molar-refractivity contribution is 5.88. The molecule has 0 aliphatic heterocycles. The summed E-state index contributed by atoms with van der Waals surface area (Å²) in [6, 6.07) is 0. The Bertz CT molecular complexity index is 444. The Labute approximate surface area is 105 Å².